The number of sulfone groups is 1. The minimum Gasteiger partial charge on any atom is -0.339 e. The minimum atomic E-state index is -2.94. The minimum absolute atomic E-state index is 0.00740. The molecule has 0 spiro atoms. The standard InChI is InChI=1S/C13H24N2O3S/c1-2-15(12-6-7-19(17,18)9-12)13(16)10-4-3-5-11(14)8-10/h10-12H,2-9,14H2,1H3. The third kappa shape index (κ3) is 3.48. The van der Waals surface area contributed by atoms with Crippen molar-refractivity contribution in [3.05, 3.63) is 0 Å². The lowest BCUT2D eigenvalue weighted by molar-refractivity contribution is -0.138. The fourth-order valence-electron chi connectivity index (χ4n) is 3.30. The van der Waals surface area contributed by atoms with E-state index in [1.54, 1.807) is 4.90 Å². The van der Waals surface area contributed by atoms with E-state index in [1.807, 2.05) is 6.92 Å². The number of carbonyl (C=O) groups excluding carboxylic acids is 1. The summed E-state index contributed by atoms with van der Waals surface area (Å²) in [5.41, 5.74) is 5.93. The van der Waals surface area contributed by atoms with E-state index in [1.165, 1.54) is 0 Å². The van der Waals surface area contributed by atoms with E-state index >= 15 is 0 Å². The highest BCUT2D eigenvalue weighted by Gasteiger charge is 2.37. The molecule has 0 aromatic carbocycles. The van der Waals surface area contributed by atoms with Crippen LogP contribution in [-0.2, 0) is 14.6 Å². The average molecular weight is 288 g/mol. The van der Waals surface area contributed by atoms with Crippen LogP contribution in [0.5, 0.6) is 0 Å². The van der Waals surface area contributed by atoms with E-state index in [0.717, 1.165) is 25.7 Å². The maximum absolute atomic E-state index is 12.5. The lowest BCUT2D eigenvalue weighted by Gasteiger charge is -2.33. The molecule has 1 aliphatic carbocycles. The molecule has 5 nitrogen and oxygen atoms in total. The number of amides is 1. The summed E-state index contributed by atoms with van der Waals surface area (Å²) in [6.07, 6.45) is 4.21. The first-order chi connectivity index (χ1) is 8.93. The molecule has 2 rings (SSSR count). The van der Waals surface area contributed by atoms with Crippen molar-refractivity contribution >= 4 is 15.7 Å². The molecule has 3 atom stereocenters. The molecule has 1 amide bonds. The molecule has 2 aliphatic rings. The molecule has 1 saturated carbocycles. The van der Waals surface area contributed by atoms with Gasteiger partial charge in [0.05, 0.1) is 11.5 Å². The summed E-state index contributed by atoms with van der Waals surface area (Å²) in [6, 6.07) is -0.00521. The Kier molecular flexibility index (Phi) is 4.50. The van der Waals surface area contributed by atoms with Gasteiger partial charge in [-0.1, -0.05) is 6.42 Å². The van der Waals surface area contributed by atoms with Crippen LogP contribution in [0.15, 0.2) is 0 Å². The molecule has 0 aromatic rings. The number of nitrogens with two attached hydrogens (primary N) is 1. The van der Waals surface area contributed by atoms with Crippen LogP contribution in [0.3, 0.4) is 0 Å². The van der Waals surface area contributed by atoms with Crippen molar-refractivity contribution in [3.8, 4) is 0 Å². The van der Waals surface area contributed by atoms with Crippen LogP contribution >= 0.6 is 0 Å². The molecule has 1 aliphatic heterocycles. The Morgan fingerprint density at radius 3 is 2.58 bits per heavy atom. The third-order valence-electron chi connectivity index (χ3n) is 4.34. The summed E-state index contributed by atoms with van der Waals surface area (Å²) in [7, 11) is -2.94. The van der Waals surface area contributed by atoms with Gasteiger partial charge in [0.15, 0.2) is 9.84 Å². The Morgan fingerprint density at radius 1 is 1.32 bits per heavy atom. The average Bonchev–Trinajstić information content (AvgIpc) is 2.70. The van der Waals surface area contributed by atoms with Gasteiger partial charge >= 0.3 is 0 Å². The second kappa shape index (κ2) is 5.79. The topological polar surface area (TPSA) is 80.5 Å². The molecule has 0 aromatic heterocycles. The van der Waals surface area contributed by atoms with Crippen molar-refractivity contribution in [1.82, 2.24) is 4.90 Å². The van der Waals surface area contributed by atoms with Crippen LogP contribution in [0.4, 0.5) is 0 Å². The van der Waals surface area contributed by atoms with Gasteiger partial charge in [0.2, 0.25) is 5.91 Å². The zero-order valence-corrected chi connectivity index (χ0v) is 12.4. The highest BCUT2D eigenvalue weighted by Crippen LogP contribution is 2.27. The van der Waals surface area contributed by atoms with E-state index in [2.05, 4.69) is 0 Å². The maximum atomic E-state index is 12.5. The lowest BCUT2D eigenvalue weighted by Crippen LogP contribution is -2.46. The van der Waals surface area contributed by atoms with Gasteiger partial charge in [0.25, 0.3) is 0 Å². The maximum Gasteiger partial charge on any atom is 0.226 e. The van der Waals surface area contributed by atoms with E-state index in [9.17, 15) is 13.2 Å². The molecule has 0 bridgehead atoms. The van der Waals surface area contributed by atoms with Crippen molar-refractivity contribution in [1.29, 1.82) is 0 Å². The highest BCUT2D eigenvalue weighted by molar-refractivity contribution is 7.91. The fourth-order valence-corrected chi connectivity index (χ4v) is 5.03. The molecule has 6 heteroatoms. The van der Waals surface area contributed by atoms with Gasteiger partial charge in [-0.2, -0.15) is 0 Å². The van der Waals surface area contributed by atoms with E-state index in [0.29, 0.717) is 13.0 Å². The van der Waals surface area contributed by atoms with Gasteiger partial charge in [0, 0.05) is 24.5 Å². The van der Waals surface area contributed by atoms with Gasteiger partial charge in [-0.05, 0) is 32.6 Å². The predicted molar refractivity (Wildman–Crippen MR) is 74.4 cm³/mol. The van der Waals surface area contributed by atoms with Crippen molar-refractivity contribution in [2.75, 3.05) is 18.1 Å². The number of rotatable bonds is 3. The summed E-state index contributed by atoms with van der Waals surface area (Å²) < 4.78 is 23.1. The Bertz CT molecular complexity index is 435. The smallest absolute Gasteiger partial charge is 0.226 e. The first kappa shape index (κ1) is 14.8. The summed E-state index contributed by atoms with van der Waals surface area (Å²) >= 11 is 0. The van der Waals surface area contributed by atoms with Crippen molar-refractivity contribution in [2.45, 2.75) is 51.1 Å². The number of hydrogen-bond donors (Lipinski definition) is 1. The van der Waals surface area contributed by atoms with Crippen LogP contribution in [0.25, 0.3) is 0 Å². The quantitative estimate of drug-likeness (QED) is 0.822. The molecule has 1 saturated heterocycles. The van der Waals surface area contributed by atoms with Gasteiger partial charge < -0.3 is 10.6 Å². The Labute approximate surface area is 115 Å². The van der Waals surface area contributed by atoms with Crippen molar-refractivity contribution in [2.24, 2.45) is 11.7 Å². The summed E-state index contributed by atoms with van der Waals surface area (Å²) in [4.78, 5) is 14.3. The van der Waals surface area contributed by atoms with Crippen LogP contribution in [0.1, 0.15) is 39.0 Å². The SMILES string of the molecule is CCN(C(=O)C1CCCC(N)C1)C1CCS(=O)(=O)C1. The molecule has 3 unspecified atom stereocenters. The van der Waals surface area contributed by atoms with Crippen LogP contribution in [-0.4, -0.2) is 49.4 Å². The Balaban J connectivity index is 2.03. The van der Waals surface area contributed by atoms with Gasteiger partial charge in [-0.25, -0.2) is 8.42 Å². The lowest BCUT2D eigenvalue weighted by atomic mass is 9.85. The zero-order valence-electron chi connectivity index (χ0n) is 11.5. The Morgan fingerprint density at radius 2 is 2.05 bits per heavy atom. The van der Waals surface area contributed by atoms with E-state index < -0.39 is 9.84 Å². The molecule has 0 radical (unpaired) electrons. The number of nitrogens with zero attached hydrogens (tertiary/aromatic N) is 1. The van der Waals surface area contributed by atoms with Gasteiger partial charge in [0.1, 0.15) is 0 Å². The molecule has 1 heterocycles. The van der Waals surface area contributed by atoms with Gasteiger partial charge in [-0.15, -0.1) is 0 Å². The van der Waals surface area contributed by atoms with Crippen LogP contribution in [0, 0.1) is 5.92 Å². The van der Waals surface area contributed by atoms with Crippen LogP contribution < -0.4 is 5.73 Å². The first-order valence-electron chi connectivity index (χ1n) is 7.19. The largest absolute Gasteiger partial charge is 0.339 e. The monoisotopic (exact) mass is 288 g/mol. The molecule has 2 N–H and O–H groups in total. The van der Waals surface area contributed by atoms with Gasteiger partial charge in [-0.3, -0.25) is 4.79 Å². The van der Waals surface area contributed by atoms with E-state index in [-0.39, 0.29) is 35.4 Å². The normalized spacial score (nSPS) is 34.1. The molecular formula is C13H24N2O3S. The second-order valence-electron chi connectivity index (χ2n) is 5.80. The summed E-state index contributed by atoms with van der Waals surface area (Å²) in [5, 5.41) is 0. The predicted octanol–water partition coefficient (Wildman–Crippen LogP) is 0.540. The highest BCUT2D eigenvalue weighted by atomic mass is 32.2. The molecular weight excluding hydrogens is 264 g/mol. The first-order valence-corrected chi connectivity index (χ1v) is 9.01. The summed E-state index contributed by atoms with van der Waals surface area (Å²) in [5.74, 6) is 0.448. The Hall–Kier alpha value is -0.620. The molecule has 19 heavy (non-hydrogen) atoms. The third-order valence-corrected chi connectivity index (χ3v) is 6.09. The molecule has 110 valence electrons. The van der Waals surface area contributed by atoms with Crippen molar-refractivity contribution in [3.63, 3.8) is 0 Å². The van der Waals surface area contributed by atoms with E-state index in [4.69, 9.17) is 5.73 Å². The zero-order chi connectivity index (χ0) is 14.0. The number of hydrogen-bond acceptors (Lipinski definition) is 4. The summed E-state index contributed by atoms with van der Waals surface area (Å²) in [6.45, 7) is 2.51. The number of carbonyl (C=O) groups is 1. The fraction of sp³-hybridized carbons (Fsp3) is 0.923. The second-order valence-corrected chi connectivity index (χ2v) is 8.03. The van der Waals surface area contributed by atoms with Crippen molar-refractivity contribution < 1.29 is 13.2 Å². The molecule has 2 fully saturated rings. The van der Waals surface area contributed by atoms with Crippen LogP contribution in [0.2, 0.25) is 0 Å².